The van der Waals surface area contributed by atoms with Gasteiger partial charge < -0.3 is 9.80 Å². The normalized spacial score (nSPS) is 14.9. The van der Waals surface area contributed by atoms with Crippen LogP contribution < -0.4 is 4.90 Å². The monoisotopic (exact) mass is 403 g/mol. The standard InChI is InChI=1S/C25H29N3S/c1-3-27(4-2)17-9-10-18-28-23-13-7-8-14-24(23)29-25(28)19-20-15-16-26-22-12-6-5-11-21(20)22/h5-8,11-16,19H,3-4,9-10,17-18H2,1-2H3/b25-19-. The molecule has 0 saturated heterocycles. The van der Waals surface area contributed by atoms with E-state index < -0.39 is 0 Å². The van der Waals surface area contributed by atoms with Gasteiger partial charge in [0.15, 0.2) is 0 Å². The quantitative estimate of drug-likeness (QED) is 0.413. The van der Waals surface area contributed by atoms with Crippen LogP contribution in [0.15, 0.2) is 70.7 Å². The number of thioether (sulfide) groups is 1. The second-order valence-electron chi connectivity index (χ2n) is 7.36. The van der Waals surface area contributed by atoms with Crippen LogP contribution in [0.3, 0.4) is 0 Å². The van der Waals surface area contributed by atoms with E-state index >= 15 is 0 Å². The largest absolute Gasteiger partial charge is 0.335 e. The number of rotatable bonds is 8. The van der Waals surface area contributed by atoms with E-state index in [1.165, 1.54) is 45.9 Å². The maximum absolute atomic E-state index is 4.51. The number of anilines is 1. The Morgan fingerprint density at radius 2 is 1.76 bits per heavy atom. The number of aromatic nitrogens is 1. The number of unbranched alkanes of at least 4 members (excludes halogenated alkanes) is 1. The second kappa shape index (κ2) is 9.47. The van der Waals surface area contributed by atoms with E-state index in [-0.39, 0.29) is 0 Å². The molecule has 1 aliphatic heterocycles. The highest BCUT2D eigenvalue weighted by atomic mass is 32.2. The lowest BCUT2D eigenvalue weighted by molar-refractivity contribution is 0.297. The van der Waals surface area contributed by atoms with Gasteiger partial charge in [0.25, 0.3) is 0 Å². The third kappa shape index (κ3) is 4.49. The van der Waals surface area contributed by atoms with Crippen LogP contribution in [0.1, 0.15) is 32.3 Å². The van der Waals surface area contributed by atoms with Crippen molar-refractivity contribution in [1.29, 1.82) is 0 Å². The molecule has 0 unspecified atom stereocenters. The third-order valence-corrected chi connectivity index (χ3v) is 6.71. The molecule has 2 heterocycles. The number of pyridine rings is 1. The number of nitrogens with zero attached hydrogens (tertiary/aromatic N) is 3. The number of para-hydroxylation sites is 2. The van der Waals surface area contributed by atoms with Crippen LogP contribution in [-0.2, 0) is 0 Å². The van der Waals surface area contributed by atoms with E-state index in [1.807, 2.05) is 18.0 Å². The van der Waals surface area contributed by atoms with E-state index in [1.54, 1.807) is 0 Å². The molecular formula is C25H29N3S. The summed E-state index contributed by atoms with van der Waals surface area (Å²) in [4.78, 5) is 10.9. The molecule has 0 aliphatic carbocycles. The summed E-state index contributed by atoms with van der Waals surface area (Å²) in [7, 11) is 0. The minimum atomic E-state index is 1.05. The first-order chi connectivity index (χ1) is 14.3. The molecule has 150 valence electrons. The summed E-state index contributed by atoms with van der Waals surface area (Å²) in [5, 5.41) is 2.52. The first kappa shape index (κ1) is 20.0. The fraction of sp³-hybridized carbons (Fsp3) is 0.320. The average molecular weight is 404 g/mol. The van der Waals surface area contributed by atoms with Crippen LogP contribution in [0.5, 0.6) is 0 Å². The molecule has 0 bridgehead atoms. The predicted octanol–water partition coefficient (Wildman–Crippen LogP) is 6.27. The van der Waals surface area contributed by atoms with Crippen molar-refractivity contribution in [3.63, 3.8) is 0 Å². The molecule has 0 amide bonds. The summed E-state index contributed by atoms with van der Waals surface area (Å²) in [5.41, 5.74) is 3.62. The van der Waals surface area contributed by atoms with Gasteiger partial charge in [0, 0.05) is 23.0 Å². The SMILES string of the molecule is CCN(CC)CCCCN1/C(=C/c2ccnc3ccccc23)Sc2ccccc21. The van der Waals surface area contributed by atoms with Gasteiger partial charge in [-0.2, -0.15) is 0 Å². The van der Waals surface area contributed by atoms with Crippen LogP contribution in [0.2, 0.25) is 0 Å². The molecular weight excluding hydrogens is 374 g/mol. The van der Waals surface area contributed by atoms with Gasteiger partial charge in [-0.05, 0) is 68.4 Å². The molecule has 29 heavy (non-hydrogen) atoms. The van der Waals surface area contributed by atoms with Crippen LogP contribution in [-0.4, -0.2) is 36.1 Å². The zero-order valence-corrected chi connectivity index (χ0v) is 18.2. The number of hydrogen-bond acceptors (Lipinski definition) is 4. The summed E-state index contributed by atoms with van der Waals surface area (Å²) in [6, 6.07) is 19.3. The van der Waals surface area contributed by atoms with Gasteiger partial charge in [0.1, 0.15) is 0 Å². The average Bonchev–Trinajstić information content (AvgIpc) is 3.11. The minimum Gasteiger partial charge on any atom is -0.335 e. The molecule has 0 saturated carbocycles. The number of fused-ring (bicyclic) bond motifs is 2. The highest BCUT2D eigenvalue weighted by Gasteiger charge is 2.24. The zero-order valence-electron chi connectivity index (χ0n) is 17.3. The van der Waals surface area contributed by atoms with Crippen molar-refractivity contribution in [2.45, 2.75) is 31.6 Å². The van der Waals surface area contributed by atoms with E-state index in [2.05, 4.69) is 89.3 Å². The summed E-state index contributed by atoms with van der Waals surface area (Å²) >= 11 is 1.88. The van der Waals surface area contributed by atoms with Crippen molar-refractivity contribution in [3.05, 3.63) is 71.4 Å². The Bertz CT molecular complexity index is 989. The minimum absolute atomic E-state index is 1.05. The number of hydrogen-bond donors (Lipinski definition) is 0. The van der Waals surface area contributed by atoms with Gasteiger partial charge in [0.2, 0.25) is 0 Å². The summed E-state index contributed by atoms with van der Waals surface area (Å²) in [6.45, 7) is 9.01. The molecule has 2 aromatic carbocycles. The molecule has 0 spiro atoms. The Morgan fingerprint density at radius 1 is 0.966 bits per heavy atom. The van der Waals surface area contributed by atoms with Crippen LogP contribution >= 0.6 is 11.8 Å². The van der Waals surface area contributed by atoms with Crippen LogP contribution in [0, 0.1) is 0 Å². The van der Waals surface area contributed by atoms with Gasteiger partial charge in [-0.15, -0.1) is 0 Å². The first-order valence-corrected chi connectivity index (χ1v) is 11.4. The molecule has 1 aliphatic rings. The van der Waals surface area contributed by atoms with E-state index in [0.29, 0.717) is 0 Å². The highest BCUT2D eigenvalue weighted by molar-refractivity contribution is 8.03. The Kier molecular flexibility index (Phi) is 6.53. The molecule has 1 aromatic heterocycles. The number of benzene rings is 2. The Balaban J connectivity index is 1.57. The molecule has 3 nitrogen and oxygen atoms in total. The Morgan fingerprint density at radius 3 is 2.62 bits per heavy atom. The highest BCUT2D eigenvalue weighted by Crippen LogP contribution is 2.46. The first-order valence-electron chi connectivity index (χ1n) is 10.6. The molecule has 0 N–H and O–H groups in total. The van der Waals surface area contributed by atoms with Gasteiger partial charge in [-0.3, -0.25) is 4.98 Å². The summed E-state index contributed by atoms with van der Waals surface area (Å²) in [6.07, 6.45) is 6.67. The molecule has 3 aromatic rings. The van der Waals surface area contributed by atoms with Crippen molar-refractivity contribution in [1.82, 2.24) is 9.88 Å². The van der Waals surface area contributed by atoms with Crippen molar-refractivity contribution in [2.75, 3.05) is 31.1 Å². The lowest BCUT2D eigenvalue weighted by Crippen LogP contribution is -2.25. The fourth-order valence-corrected chi connectivity index (χ4v) is 5.05. The maximum atomic E-state index is 4.51. The van der Waals surface area contributed by atoms with E-state index in [0.717, 1.165) is 25.2 Å². The fourth-order valence-electron chi connectivity index (χ4n) is 3.91. The lowest BCUT2D eigenvalue weighted by Gasteiger charge is -2.22. The molecule has 4 rings (SSSR count). The Labute approximate surface area is 178 Å². The van der Waals surface area contributed by atoms with Crippen molar-refractivity contribution in [3.8, 4) is 0 Å². The van der Waals surface area contributed by atoms with E-state index in [4.69, 9.17) is 0 Å². The lowest BCUT2D eigenvalue weighted by atomic mass is 10.1. The van der Waals surface area contributed by atoms with Gasteiger partial charge in [0.05, 0.1) is 16.2 Å². The topological polar surface area (TPSA) is 19.4 Å². The van der Waals surface area contributed by atoms with Gasteiger partial charge in [-0.1, -0.05) is 55.9 Å². The summed E-state index contributed by atoms with van der Waals surface area (Å²) < 4.78 is 0. The predicted molar refractivity (Wildman–Crippen MR) is 126 cm³/mol. The Hall–Kier alpha value is -2.30. The summed E-state index contributed by atoms with van der Waals surface area (Å²) in [5.74, 6) is 0. The van der Waals surface area contributed by atoms with Crippen molar-refractivity contribution < 1.29 is 0 Å². The maximum Gasteiger partial charge on any atom is 0.0807 e. The smallest absolute Gasteiger partial charge is 0.0807 e. The van der Waals surface area contributed by atoms with Crippen LogP contribution in [0.4, 0.5) is 5.69 Å². The van der Waals surface area contributed by atoms with E-state index in [9.17, 15) is 0 Å². The zero-order chi connectivity index (χ0) is 20.1. The second-order valence-corrected chi connectivity index (χ2v) is 8.42. The van der Waals surface area contributed by atoms with Gasteiger partial charge in [-0.25, -0.2) is 0 Å². The van der Waals surface area contributed by atoms with Crippen molar-refractivity contribution in [2.24, 2.45) is 0 Å². The van der Waals surface area contributed by atoms with Crippen LogP contribution in [0.25, 0.3) is 17.0 Å². The van der Waals surface area contributed by atoms with Crippen molar-refractivity contribution >= 4 is 34.4 Å². The molecule has 0 radical (unpaired) electrons. The molecule has 4 heteroatoms. The van der Waals surface area contributed by atoms with Gasteiger partial charge >= 0.3 is 0 Å². The molecule has 0 fully saturated rings. The third-order valence-electron chi connectivity index (χ3n) is 5.60. The molecule has 0 atom stereocenters.